The molecule has 0 spiro atoms. The molecule has 0 aliphatic rings. The van der Waals surface area contributed by atoms with Crippen LogP contribution in [-0.4, -0.2) is 23.8 Å². The topological polar surface area (TPSA) is 55.6 Å². The van der Waals surface area contributed by atoms with E-state index < -0.39 is 0 Å². The maximum Gasteiger partial charge on any atom is 0.271 e. The van der Waals surface area contributed by atoms with Gasteiger partial charge in [0.1, 0.15) is 11.6 Å². The van der Waals surface area contributed by atoms with Gasteiger partial charge in [0.25, 0.3) is 5.91 Å². The summed E-state index contributed by atoms with van der Waals surface area (Å²) in [6.45, 7) is 0.602. The zero-order valence-corrected chi connectivity index (χ0v) is 16.4. The van der Waals surface area contributed by atoms with E-state index >= 15 is 0 Å². The average molecular weight is 401 g/mol. The molecule has 0 atom stereocenters. The maximum absolute atomic E-state index is 13.2. The van der Waals surface area contributed by atoms with Crippen molar-refractivity contribution in [2.45, 2.75) is 6.54 Å². The summed E-state index contributed by atoms with van der Waals surface area (Å²) in [6, 6.07) is 21.3. The molecule has 0 fully saturated rings. The molecule has 0 bridgehead atoms. The molecule has 1 N–H and O–H groups in total. The van der Waals surface area contributed by atoms with Crippen LogP contribution >= 0.6 is 0 Å². The van der Waals surface area contributed by atoms with Crippen LogP contribution in [-0.2, 0) is 6.54 Å². The highest BCUT2D eigenvalue weighted by atomic mass is 19.1. The van der Waals surface area contributed by atoms with Gasteiger partial charge in [-0.2, -0.15) is 5.10 Å². The van der Waals surface area contributed by atoms with E-state index in [0.717, 1.165) is 22.0 Å². The third-order valence-electron chi connectivity index (χ3n) is 4.79. The number of rotatable bonds is 6. The first-order valence-corrected chi connectivity index (χ1v) is 9.44. The number of fused-ring (bicyclic) bond motifs is 1. The number of amides is 1. The molecule has 0 unspecified atom stereocenters. The Morgan fingerprint density at radius 2 is 1.90 bits per heavy atom. The second-order valence-electron chi connectivity index (χ2n) is 6.79. The molecule has 0 radical (unpaired) electrons. The van der Waals surface area contributed by atoms with Crippen molar-refractivity contribution in [3.8, 4) is 5.75 Å². The van der Waals surface area contributed by atoms with E-state index in [1.54, 1.807) is 49.7 Å². The predicted octanol–water partition coefficient (Wildman–Crippen LogP) is 4.60. The van der Waals surface area contributed by atoms with Crippen molar-refractivity contribution in [2.24, 2.45) is 5.10 Å². The first-order chi connectivity index (χ1) is 14.6. The SMILES string of the molecule is COc1cccc(C(=O)N/N=C/c2cn(Cc3ccc(F)cc3)c3ccccc23)c1. The van der Waals surface area contributed by atoms with Gasteiger partial charge in [-0.15, -0.1) is 0 Å². The van der Waals surface area contributed by atoms with Gasteiger partial charge < -0.3 is 9.30 Å². The molecule has 30 heavy (non-hydrogen) atoms. The number of para-hydroxylation sites is 1. The molecule has 3 aromatic carbocycles. The van der Waals surface area contributed by atoms with Crippen molar-refractivity contribution in [1.29, 1.82) is 0 Å². The number of hydrogen-bond donors (Lipinski definition) is 1. The number of carbonyl (C=O) groups excluding carboxylic acids is 1. The summed E-state index contributed by atoms with van der Waals surface area (Å²) in [5, 5.41) is 5.14. The first kappa shape index (κ1) is 19.4. The standard InChI is InChI=1S/C24H20FN3O2/c1-30-21-6-4-5-18(13-21)24(29)27-26-14-19-16-28(23-8-3-2-7-22(19)23)15-17-9-11-20(25)12-10-17/h2-14,16H,15H2,1H3,(H,27,29)/b26-14+. The molecule has 1 aromatic heterocycles. The lowest BCUT2D eigenvalue weighted by Gasteiger charge is -2.05. The molecule has 0 aliphatic carbocycles. The minimum atomic E-state index is -0.319. The third-order valence-corrected chi connectivity index (χ3v) is 4.79. The molecule has 0 saturated heterocycles. The lowest BCUT2D eigenvalue weighted by Crippen LogP contribution is -2.17. The van der Waals surface area contributed by atoms with Gasteiger partial charge in [-0.1, -0.05) is 36.4 Å². The zero-order valence-electron chi connectivity index (χ0n) is 16.4. The van der Waals surface area contributed by atoms with Gasteiger partial charge in [-0.25, -0.2) is 9.82 Å². The van der Waals surface area contributed by atoms with Crippen LogP contribution in [0, 0.1) is 5.82 Å². The molecule has 1 heterocycles. The molecule has 150 valence electrons. The van der Waals surface area contributed by atoms with Crippen LogP contribution in [0.15, 0.2) is 84.1 Å². The number of methoxy groups -OCH3 is 1. The van der Waals surface area contributed by atoms with Crippen molar-refractivity contribution >= 4 is 23.0 Å². The highest BCUT2D eigenvalue weighted by Gasteiger charge is 2.08. The fraction of sp³-hybridized carbons (Fsp3) is 0.0833. The Morgan fingerprint density at radius 1 is 1.10 bits per heavy atom. The number of aromatic nitrogens is 1. The number of nitrogens with one attached hydrogen (secondary N) is 1. The van der Waals surface area contributed by atoms with E-state index in [1.807, 2.05) is 30.5 Å². The Bertz CT molecular complexity index is 1210. The summed E-state index contributed by atoms with van der Waals surface area (Å²) in [7, 11) is 1.55. The molecular weight excluding hydrogens is 381 g/mol. The number of hydrogen-bond acceptors (Lipinski definition) is 3. The van der Waals surface area contributed by atoms with Crippen LogP contribution < -0.4 is 10.2 Å². The van der Waals surface area contributed by atoms with Gasteiger partial charge in [0.05, 0.1) is 13.3 Å². The van der Waals surface area contributed by atoms with E-state index in [2.05, 4.69) is 15.1 Å². The zero-order chi connectivity index (χ0) is 20.9. The van der Waals surface area contributed by atoms with E-state index in [9.17, 15) is 9.18 Å². The van der Waals surface area contributed by atoms with Crippen LogP contribution in [0.5, 0.6) is 5.75 Å². The van der Waals surface area contributed by atoms with E-state index in [4.69, 9.17) is 4.74 Å². The van der Waals surface area contributed by atoms with E-state index in [0.29, 0.717) is 17.9 Å². The molecule has 0 aliphatic heterocycles. The van der Waals surface area contributed by atoms with Gasteiger partial charge in [-0.05, 0) is 42.0 Å². The molecule has 5 nitrogen and oxygen atoms in total. The van der Waals surface area contributed by atoms with Crippen molar-refractivity contribution in [1.82, 2.24) is 9.99 Å². The van der Waals surface area contributed by atoms with Crippen molar-refractivity contribution in [3.63, 3.8) is 0 Å². The quantitative estimate of drug-likeness (QED) is 0.379. The number of benzene rings is 3. The highest BCUT2D eigenvalue weighted by molar-refractivity contribution is 6.00. The Hall–Kier alpha value is -3.93. The molecule has 1 amide bonds. The Morgan fingerprint density at radius 3 is 2.70 bits per heavy atom. The summed E-state index contributed by atoms with van der Waals surface area (Å²) >= 11 is 0. The Balaban J connectivity index is 1.55. The average Bonchev–Trinajstić information content (AvgIpc) is 3.13. The number of nitrogens with zero attached hydrogens (tertiary/aromatic N) is 2. The van der Waals surface area contributed by atoms with Crippen molar-refractivity contribution in [2.75, 3.05) is 7.11 Å². The van der Waals surface area contributed by atoms with Crippen LogP contribution in [0.4, 0.5) is 4.39 Å². The number of ether oxygens (including phenoxy) is 1. The number of halogens is 1. The summed E-state index contributed by atoms with van der Waals surface area (Å²) in [6.07, 6.45) is 3.59. The van der Waals surface area contributed by atoms with E-state index in [1.165, 1.54) is 12.1 Å². The number of carbonyl (C=O) groups is 1. The summed E-state index contributed by atoms with van der Waals surface area (Å²) in [4.78, 5) is 12.3. The van der Waals surface area contributed by atoms with Crippen LogP contribution in [0.25, 0.3) is 10.9 Å². The van der Waals surface area contributed by atoms with Crippen LogP contribution in [0.3, 0.4) is 0 Å². The lowest BCUT2D eigenvalue weighted by molar-refractivity contribution is 0.0955. The first-order valence-electron chi connectivity index (χ1n) is 9.44. The van der Waals surface area contributed by atoms with Crippen molar-refractivity contribution in [3.05, 3.63) is 102 Å². The van der Waals surface area contributed by atoms with Gasteiger partial charge in [-0.3, -0.25) is 4.79 Å². The minimum absolute atomic E-state index is 0.254. The van der Waals surface area contributed by atoms with Crippen LogP contribution in [0.1, 0.15) is 21.5 Å². The molecule has 4 aromatic rings. The fourth-order valence-electron chi connectivity index (χ4n) is 3.28. The fourth-order valence-corrected chi connectivity index (χ4v) is 3.28. The second-order valence-corrected chi connectivity index (χ2v) is 6.79. The van der Waals surface area contributed by atoms with Gasteiger partial charge in [0.15, 0.2) is 0 Å². The van der Waals surface area contributed by atoms with E-state index in [-0.39, 0.29) is 11.7 Å². The van der Waals surface area contributed by atoms with Gasteiger partial charge in [0, 0.05) is 34.8 Å². The smallest absolute Gasteiger partial charge is 0.271 e. The highest BCUT2D eigenvalue weighted by Crippen LogP contribution is 2.21. The Labute approximate surface area is 173 Å². The second kappa shape index (κ2) is 8.61. The number of hydrazone groups is 1. The molecule has 0 saturated carbocycles. The monoisotopic (exact) mass is 401 g/mol. The van der Waals surface area contributed by atoms with Gasteiger partial charge >= 0.3 is 0 Å². The van der Waals surface area contributed by atoms with Crippen LogP contribution in [0.2, 0.25) is 0 Å². The summed E-state index contributed by atoms with van der Waals surface area (Å²) in [5.41, 5.74) is 5.91. The summed E-state index contributed by atoms with van der Waals surface area (Å²) < 4.78 is 20.4. The van der Waals surface area contributed by atoms with Crippen molar-refractivity contribution < 1.29 is 13.9 Å². The minimum Gasteiger partial charge on any atom is -0.497 e. The van der Waals surface area contributed by atoms with Gasteiger partial charge in [0.2, 0.25) is 0 Å². The third kappa shape index (κ3) is 4.22. The molecule has 6 heteroatoms. The Kier molecular flexibility index (Phi) is 5.57. The molecular formula is C24H20FN3O2. The maximum atomic E-state index is 13.2. The normalized spacial score (nSPS) is 11.1. The lowest BCUT2D eigenvalue weighted by atomic mass is 10.2. The predicted molar refractivity (Wildman–Crippen MR) is 115 cm³/mol. The summed E-state index contributed by atoms with van der Waals surface area (Å²) in [5.74, 6) is 0.0337. The largest absolute Gasteiger partial charge is 0.497 e. The molecule has 4 rings (SSSR count).